The van der Waals surface area contributed by atoms with Gasteiger partial charge in [-0.2, -0.15) is 0 Å². The maximum atomic E-state index is 12.7. The molecule has 2 aliphatic rings. The van der Waals surface area contributed by atoms with E-state index in [-0.39, 0.29) is 11.8 Å². The predicted molar refractivity (Wildman–Crippen MR) is 119 cm³/mol. The summed E-state index contributed by atoms with van der Waals surface area (Å²) in [6.45, 7) is 0.749. The SMILES string of the molecule is O=C(Nc1nc2c(s1)CC(c1ccccc1)CC2)c1ccc(N2CCCC2=O)cc1. The van der Waals surface area contributed by atoms with Gasteiger partial charge < -0.3 is 4.90 Å². The zero-order valence-corrected chi connectivity index (χ0v) is 17.5. The number of nitrogens with one attached hydrogen (secondary N) is 1. The summed E-state index contributed by atoms with van der Waals surface area (Å²) < 4.78 is 0. The summed E-state index contributed by atoms with van der Waals surface area (Å²) in [5, 5.41) is 3.62. The molecule has 0 saturated carbocycles. The largest absolute Gasteiger partial charge is 0.312 e. The van der Waals surface area contributed by atoms with Gasteiger partial charge in [-0.1, -0.05) is 30.3 Å². The van der Waals surface area contributed by atoms with Crippen molar-refractivity contribution in [2.24, 2.45) is 0 Å². The third-order valence-electron chi connectivity index (χ3n) is 5.95. The lowest BCUT2D eigenvalue weighted by Crippen LogP contribution is -2.23. The standard InChI is InChI=1S/C24H23N3O2S/c28-22-7-4-14-27(22)19-11-8-17(9-12-19)23(29)26-24-25-20-13-10-18(15-21(20)30-24)16-5-2-1-3-6-16/h1-3,5-6,8-9,11-12,18H,4,7,10,13-15H2,(H,25,26,29). The van der Waals surface area contributed by atoms with Crippen molar-refractivity contribution in [3.05, 3.63) is 76.3 Å². The molecule has 5 nitrogen and oxygen atoms in total. The Morgan fingerprint density at radius 1 is 1.07 bits per heavy atom. The smallest absolute Gasteiger partial charge is 0.257 e. The molecule has 30 heavy (non-hydrogen) atoms. The van der Waals surface area contributed by atoms with Gasteiger partial charge in [-0.25, -0.2) is 4.98 Å². The highest BCUT2D eigenvalue weighted by atomic mass is 32.1. The van der Waals surface area contributed by atoms with E-state index in [9.17, 15) is 9.59 Å². The van der Waals surface area contributed by atoms with Crippen LogP contribution in [0.4, 0.5) is 10.8 Å². The van der Waals surface area contributed by atoms with Gasteiger partial charge in [0.1, 0.15) is 0 Å². The number of thiazole rings is 1. The predicted octanol–water partition coefficient (Wildman–Crippen LogP) is 4.79. The lowest BCUT2D eigenvalue weighted by molar-refractivity contribution is -0.117. The lowest BCUT2D eigenvalue weighted by atomic mass is 9.85. The molecule has 1 aliphatic carbocycles. The number of carbonyl (C=O) groups is 2. The van der Waals surface area contributed by atoms with E-state index < -0.39 is 0 Å². The fourth-order valence-electron chi connectivity index (χ4n) is 4.32. The van der Waals surface area contributed by atoms with Crippen LogP contribution < -0.4 is 10.2 Å². The number of hydrogen-bond acceptors (Lipinski definition) is 4. The van der Waals surface area contributed by atoms with E-state index in [1.807, 2.05) is 18.2 Å². The van der Waals surface area contributed by atoms with Gasteiger partial charge in [-0.3, -0.25) is 14.9 Å². The van der Waals surface area contributed by atoms with Crippen molar-refractivity contribution in [2.45, 2.75) is 38.0 Å². The Labute approximate surface area is 179 Å². The third-order valence-corrected chi connectivity index (χ3v) is 6.98. The lowest BCUT2D eigenvalue weighted by Gasteiger charge is -2.21. The Kier molecular flexibility index (Phi) is 5.09. The normalized spacial score (nSPS) is 18.3. The number of fused-ring (bicyclic) bond motifs is 1. The van der Waals surface area contributed by atoms with E-state index in [1.165, 1.54) is 10.4 Å². The summed E-state index contributed by atoms with van der Waals surface area (Å²) >= 11 is 1.58. The molecular formula is C24H23N3O2S. The maximum Gasteiger partial charge on any atom is 0.257 e. The molecule has 1 unspecified atom stereocenters. The highest BCUT2D eigenvalue weighted by Gasteiger charge is 2.25. The van der Waals surface area contributed by atoms with Crippen LogP contribution in [-0.2, 0) is 17.6 Å². The number of hydrogen-bond donors (Lipinski definition) is 1. The van der Waals surface area contributed by atoms with E-state index in [0.717, 1.165) is 43.6 Å². The average Bonchev–Trinajstić information content (AvgIpc) is 3.39. The maximum absolute atomic E-state index is 12.7. The summed E-state index contributed by atoms with van der Waals surface area (Å²) in [6, 6.07) is 17.8. The minimum Gasteiger partial charge on any atom is -0.312 e. The highest BCUT2D eigenvalue weighted by Crippen LogP contribution is 2.37. The van der Waals surface area contributed by atoms with Crippen molar-refractivity contribution < 1.29 is 9.59 Å². The molecule has 3 aromatic rings. The molecule has 5 rings (SSSR count). The average molecular weight is 418 g/mol. The van der Waals surface area contributed by atoms with Gasteiger partial charge in [0, 0.05) is 29.1 Å². The fraction of sp³-hybridized carbons (Fsp3) is 0.292. The zero-order valence-electron chi connectivity index (χ0n) is 16.6. The van der Waals surface area contributed by atoms with Gasteiger partial charge in [-0.05, 0) is 61.4 Å². The molecule has 6 heteroatoms. The molecule has 2 amide bonds. The van der Waals surface area contributed by atoms with E-state index in [4.69, 9.17) is 0 Å². The van der Waals surface area contributed by atoms with Crippen LogP contribution in [-0.4, -0.2) is 23.3 Å². The fourth-order valence-corrected chi connectivity index (χ4v) is 5.40. The van der Waals surface area contributed by atoms with Crippen molar-refractivity contribution in [3.63, 3.8) is 0 Å². The Balaban J connectivity index is 1.26. The number of aromatic nitrogens is 1. The van der Waals surface area contributed by atoms with Crippen LogP contribution in [0.1, 0.15) is 51.7 Å². The number of anilines is 2. The second-order valence-corrected chi connectivity index (χ2v) is 8.97. The van der Waals surface area contributed by atoms with Crippen LogP contribution in [0.15, 0.2) is 54.6 Å². The van der Waals surface area contributed by atoms with Gasteiger partial charge in [0.25, 0.3) is 5.91 Å². The van der Waals surface area contributed by atoms with Gasteiger partial charge in [0.05, 0.1) is 5.69 Å². The number of rotatable bonds is 4. The number of carbonyl (C=O) groups excluding carboxylic acids is 2. The Bertz CT molecular complexity index is 1080. The molecule has 1 fully saturated rings. The van der Waals surface area contributed by atoms with Crippen molar-refractivity contribution >= 4 is 34.0 Å². The van der Waals surface area contributed by atoms with Crippen LogP contribution >= 0.6 is 11.3 Å². The van der Waals surface area contributed by atoms with Gasteiger partial charge in [0.15, 0.2) is 5.13 Å². The molecule has 1 N–H and O–H groups in total. The first-order valence-corrected chi connectivity index (χ1v) is 11.2. The second-order valence-electron chi connectivity index (χ2n) is 7.89. The number of benzene rings is 2. The van der Waals surface area contributed by atoms with Crippen LogP contribution in [0, 0.1) is 0 Å². The Hall–Kier alpha value is -2.99. The third kappa shape index (κ3) is 3.75. The van der Waals surface area contributed by atoms with E-state index in [1.54, 1.807) is 28.4 Å². The van der Waals surface area contributed by atoms with E-state index in [2.05, 4.69) is 34.6 Å². The quantitative estimate of drug-likeness (QED) is 0.664. The summed E-state index contributed by atoms with van der Waals surface area (Å²) in [7, 11) is 0. The van der Waals surface area contributed by atoms with Gasteiger partial charge in [-0.15, -0.1) is 11.3 Å². The van der Waals surface area contributed by atoms with Gasteiger partial charge >= 0.3 is 0 Å². The first kappa shape index (κ1) is 19.0. The summed E-state index contributed by atoms with van der Waals surface area (Å²) in [5.41, 5.74) is 3.91. The highest BCUT2D eigenvalue weighted by molar-refractivity contribution is 7.15. The molecule has 1 atom stereocenters. The molecule has 1 aromatic heterocycles. The van der Waals surface area contributed by atoms with Crippen molar-refractivity contribution in [3.8, 4) is 0 Å². The molecule has 152 valence electrons. The van der Waals surface area contributed by atoms with Crippen molar-refractivity contribution in [1.82, 2.24) is 4.98 Å². The van der Waals surface area contributed by atoms with Crippen LogP contribution in [0.3, 0.4) is 0 Å². The van der Waals surface area contributed by atoms with E-state index >= 15 is 0 Å². The molecule has 2 aromatic carbocycles. The molecular weight excluding hydrogens is 394 g/mol. The summed E-state index contributed by atoms with van der Waals surface area (Å²) in [4.78, 5) is 32.3. The molecule has 0 bridgehead atoms. The summed E-state index contributed by atoms with van der Waals surface area (Å²) in [5.74, 6) is 0.498. The monoisotopic (exact) mass is 417 g/mol. The summed E-state index contributed by atoms with van der Waals surface area (Å²) in [6.07, 6.45) is 4.50. The van der Waals surface area contributed by atoms with Gasteiger partial charge in [0.2, 0.25) is 5.91 Å². The van der Waals surface area contributed by atoms with Crippen molar-refractivity contribution in [1.29, 1.82) is 0 Å². The van der Waals surface area contributed by atoms with Crippen molar-refractivity contribution in [2.75, 3.05) is 16.8 Å². The first-order valence-electron chi connectivity index (χ1n) is 10.4. The molecule has 0 spiro atoms. The number of amides is 2. The molecule has 1 aliphatic heterocycles. The molecule has 1 saturated heterocycles. The van der Waals surface area contributed by atoms with E-state index in [0.29, 0.717) is 23.0 Å². The Morgan fingerprint density at radius 3 is 2.60 bits per heavy atom. The second kappa shape index (κ2) is 8.03. The van der Waals surface area contributed by atoms with Crippen LogP contribution in [0.5, 0.6) is 0 Å². The van der Waals surface area contributed by atoms with Crippen LogP contribution in [0.25, 0.3) is 0 Å². The topological polar surface area (TPSA) is 62.3 Å². The minimum absolute atomic E-state index is 0.148. The molecule has 2 heterocycles. The van der Waals surface area contributed by atoms with Crippen LogP contribution in [0.2, 0.25) is 0 Å². The number of nitrogens with zero attached hydrogens (tertiary/aromatic N) is 2. The number of aryl methyl sites for hydroxylation is 1. The Morgan fingerprint density at radius 2 is 1.87 bits per heavy atom. The molecule has 0 radical (unpaired) electrons. The zero-order chi connectivity index (χ0) is 20.5. The minimum atomic E-state index is -0.167. The first-order chi connectivity index (χ1) is 14.7.